The molecule has 4 N–H and O–H groups in total. The van der Waals surface area contributed by atoms with Gasteiger partial charge in [-0.3, -0.25) is 4.90 Å². The Labute approximate surface area is 105 Å². The van der Waals surface area contributed by atoms with E-state index in [1.54, 1.807) is 4.90 Å². The Morgan fingerprint density at radius 1 is 1.22 bits per heavy atom. The zero-order valence-corrected chi connectivity index (χ0v) is 10.1. The number of carboxylic acid groups (broad SMARTS) is 1. The Bertz CT molecular complexity index is 291. The molecule has 0 aromatic heterocycles. The quantitative estimate of drug-likeness (QED) is 0.445. The highest BCUT2D eigenvalue weighted by Gasteiger charge is 2.22. The summed E-state index contributed by atoms with van der Waals surface area (Å²) in [5, 5.41) is 28.6. The molecule has 0 saturated carbocycles. The molecule has 8 heteroatoms. The van der Waals surface area contributed by atoms with Crippen LogP contribution >= 0.6 is 0 Å². The minimum absolute atomic E-state index is 0.0942. The average molecular weight is 261 g/mol. The smallest absolute Gasteiger partial charge is 0.334 e. The molecule has 1 unspecified atom stereocenters. The number of aliphatic hydroxyl groups is 2. The number of β-amino-alcohol motifs (C(OH)–C–C–N with tert-alkyl or cyclic N) is 1. The molecule has 0 aromatic rings. The van der Waals surface area contributed by atoms with Crippen LogP contribution in [0, 0.1) is 0 Å². The summed E-state index contributed by atoms with van der Waals surface area (Å²) in [6.07, 6.45) is -1.58. The van der Waals surface area contributed by atoms with Gasteiger partial charge in [0, 0.05) is 32.7 Å². The minimum atomic E-state index is -1.58. The Morgan fingerprint density at radius 2 is 1.83 bits per heavy atom. The first-order chi connectivity index (χ1) is 8.54. The van der Waals surface area contributed by atoms with E-state index < -0.39 is 12.1 Å². The van der Waals surface area contributed by atoms with Gasteiger partial charge in [-0.1, -0.05) is 0 Å². The zero-order chi connectivity index (χ0) is 13.5. The Balaban J connectivity index is 2.25. The van der Waals surface area contributed by atoms with Gasteiger partial charge in [0.1, 0.15) is 0 Å². The fourth-order valence-corrected chi connectivity index (χ4v) is 1.70. The monoisotopic (exact) mass is 261 g/mol. The number of carboxylic acids is 1. The normalized spacial score (nSPS) is 18.4. The molecular formula is C10H19N3O5. The van der Waals surface area contributed by atoms with E-state index in [0.29, 0.717) is 32.7 Å². The van der Waals surface area contributed by atoms with Gasteiger partial charge < -0.3 is 25.5 Å². The molecule has 1 saturated heterocycles. The summed E-state index contributed by atoms with van der Waals surface area (Å²) in [5.74, 6) is -1.36. The molecule has 0 aliphatic carbocycles. The topological polar surface area (TPSA) is 113 Å². The van der Waals surface area contributed by atoms with Crippen LogP contribution in [-0.4, -0.2) is 89.1 Å². The number of urea groups is 1. The maximum absolute atomic E-state index is 11.6. The predicted octanol–water partition coefficient (Wildman–Crippen LogP) is -2.25. The second-order valence-corrected chi connectivity index (χ2v) is 4.09. The number of carbonyl (C=O) groups is 2. The molecule has 104 valence electrons. The van der Waals surface area contributed by atoms with Gasteiger partial charge in [0.25, 0.3) is 0 Å². The SMILES string of the molecule is O=C(O)C(O)CNC(=O)N1CCN(CCO)CC1. The first-order valence-corrected chi connectivity index (χ1v) is 5.81. The molecule has 1 fully saturated rings. The van der Waals surface area contributed by atoms with Crippen molar-refractivity contribution in [3.63, 3.8) is 0 Å². The number of nitrogens with one attached hydrogen (secondary N) is 1. The van der Waals surface area contributed by atoms with E-state index in [1.807, 2.05) is 4.90 Å². The molecule has 0 bridgehead atoms. The fraction of sp³-hybridized carbons (Fsp3) is 0.800. The summed E-state index contributed by atoms with van der Waals surface area (Å²) in [4.78, 5) is 25.6. The van der Waals surface area contributed by atoms with Crippen molar-refractivity contribution in [2.45, 2.75) is 6.10 Å². The van der Waals surface area contributed by atoms with Crippen molar-refractivity contribution < 1.29 is 24.9 Å². The van der Waals surface area contributed by atoms with Gasteiger partial charge in [0.2, 0.25) is 0 Å². The van der Waals surface area contributed by atoms with Crippen molar-refractivity contribution in [2.75, 3.05) is 45.9 Å². The summed E-state index contributed by atoms with van der Waals surface area (Å²) in [7, 11) is 0. The second-order valence-electron chi connectivity index (χ2n) is 4.09. The van der Waals surface area contributed by atoms with Crippen LogP contribution in [0.4, 0.5) is 4.79 Å². The fourth-order valence-electron chi connectivity index (χ4n) is 1.70. The zero-order valence-electron chi connectivity index (χ0n) is 10.1. The van der Waals surface area contributed by atoms with Gasteiger partial charge >= 0.3 is 12.0 Å². The summed E-state index contributed by atoms with van der Waals surface area (Å²) in [6, 6.07) is -0.376. The molecule has 1 aliphatic rings. The molecular weight excluding hydrogens is 242 g/mol. The molecule has 8 nitrogen and oxygen atoms in total. The first kappa shape index (κ1) is 14.7. The van der Waals surface area contributed by atoms with Crippen molar-refractivity contribution in [3.05, 3.63) is 0 Å². The molecule has 1 aliphatic heterocycles. The average Bonchev–Trinajstić information content (AvgIpc) is 2.36. The van der Waals surface area contributed by atoms with Crippen LogP contribution in [0.5, 0.6) is 0 Å². The molecule has 0 radical (unpaired) electrons. The van der Waals surface area contributed by atoms with E-state index in [0.717, 1.165) is 0 Å². The van der Waals surface area contributed by atoms with Crippen molar-refractivity contribution in [3.8, 4) is 0 Å². The van der Waals surface area contributed by atoms with Gasteiger partial charge in [-0.2, -0.15) is 0 Å². The molecule has 18 heavy (non-hydrogen) atoms. The molecule has 1 heterocycles. The van der Waals surface area contributed by atoms with Crippen molar-refractivity contribution in [1.82, 2.24) is 15.1 Å². The van der Waals surface area contributed by atoms with Crippen LogP contribution in [0.1, 0.15) is 0 Å². The van der Waals surface area contributed by atoms with Gasteiger partial charge in [-0.15, -0.1) is 0 Å². The van der Waals surface area contributed by atoms with Gasteiger partial charge in [-0.25, -0.2) is 9.59 Å². The van der Waals surface area contributed by atoms with Crippen LogP contribution < -0.4 is 5.32 Å². The largest absolute Gasteiger partial charge is 0.479 e. The number of aliphatic hydroxyl groups excluding tert-OH is 2. The van der Waals surface area contributed by atoms with Crippen LogP contribution in [-0.2, 0) is 4.79 Å². The number of nitrogens with zero attached hydrogens (tertiary/aromatic N) is 2. The Hall–Kier alpha value is -1.38. The minimum Gasteiger partial charge on any atom is -0.479 e. The van der Waals surface area contributed by atoms with Crippen LogP contribution in [0.15, 0.2) is 0 Å². The van der Waals surface area contributed by atoms with Crippen molar-refractivity contribution in [2.24, 2.45) is 0 Å². The maximum atomic E-state index is 11.6. The molecule has 0 spiro atoms. The van der Waals surface area contributed by atoms with Crippen LogP contribution in [0.3, 0.4) is 0 Å². The number of amides is 2. The number of rotatable bonds is 5. The Morgan fingerprint density at radius 3 is 2.33 bits per heavy atom. The number of piperazine rings is 1. The van der Waals surface area contributed by atoms with Gasteiger partial charge in [0.15, 0.2) is 6.10 Å². The third-order valence-electron chi connectivity index (χ3n) is 2.81. The molecule has 1 atom stereocenters. The lowest BCUT2D eigenvalue weighted by Crippen LogP contribution is -2.53. The van der Waals surface area contributed by atoms with Gasteiger partial charge in [0.05, 0.1) is 13.2 Å². The van der Waals surface area contributed by atoms with E-state index in [1.165, 1.54) is 0 Å². The van der Waals surface area contributed by atoms with E-state index in [2.05, 4.69) is 5.32 Å². The molecule has 2 amide bonds. The van der Waals surface area contributed by atoms with E-state index in [4.69, 9.17) is 15.3 Å². The number of aliphatic carboxylic acids is 1. The second kappa shape index (κ2) is 7.14. The molecule has 1 rings (SSSR count). The summed E-state index contributed by atoms with van der Waals surface area (Å²) in [6.45, 7) is 2.78. The number of hydrogen-bond acceptors (Lipinski definition) is 5. The maximum Gasteiger partial charge on any atom is 0.334 e. The lowest BCUT2D eigenvalue weighted by atomic mass is 10.3. The highest BCUT2D eigenvalue weighted by atomic mass is 16.4. The van der Waals surface area contributed by atoms with E-state index in [-0.39, 0.29) is 19.2 Å². The number of hydrogen-bond donors (Lipinski definition) is 4. The predicted molar refractivity (Wildman–Crippen MR) is 62.1 cm³/mol. The lowest BCUT2D eigenvalue weighted by Gasteiger charge is -2.34. The van der Waals surface area contributed by atoms with Crippen LogP contribution in [0.25, 0.3) is 0 Å². The lowest BCUT2D eigenvalue weighted by molar-refractivity contribution is -0.146. The Kier molecular flexibility index (Phi) is 5.83. The highest BCUT2D eigenvalue weighted by Crippen LogP contribution is 2.01. The molecule has 0 aromatic carbocycles. The highest BCUT2D eigenvalue weighted by molar-refractivity contribution is 5.76. The van der Waals surface area contributed by atoms with E-state index in [9.17, 15) is 9.59 Å². The third kappa shape index (κ3) is 4.47. The summed E-state index contributed by atoms with van der Waals surface area (Å²) >= 11 is 0. The number of carbonyl (C=O) groups excluding carboxylic acids is 1. The first-order valence-electron chi connectivity index (χ1n) is 5.81. The van der Waals surface area contributed by atoms with Crippen molar-refractivity contribution in [1.29, 1.82) is 0 Å². The standard InChI is InChI=1S/C10H19N3O5/c14-6-5-12-1-3-13(4-2-12)10(18)11-7-8(15)9(16)17/h8,14-15H,1-7H2,(H,11,18)(H,16,17). The van der Waals surface area contributed by atoms with Crippen molar-refractivity contribution >= 4 is 12.0 Å². The third-order valence-corrected chi connectivity index (χ3v) is 2.81. The summed E-state index contributed by atoms with van der Waals surface area (Å²) in [5.41, 5.74) is 0. The van der Waals surface area contributed by atoms with E-state index >= 15 is 0 Å². The van der Waals surface area contributed by atoms with Gasteiger partial charge in [-0.05, 0) is 0 Å². The van der Waals surface area contributed by atoms with Crippen LogP contribution in [0.2, 0.25) is 0 Å². The summed E-state index contributed by atoms with van der Waals surface area (Å²) < 4.78 is 0.